The molecule has 0 amide bonds. The number of carbonyl (C=O) groups is 3. The van der Waals surface area contributed by atoms with Crippen LogP contribution in [0.2, 0.25) is 0 Å². The van der Waals surface area contributed by atoms with Crippen molar-refractivity contribution in [3.8, 4) is 0 Å². The van der Waals surface area contributed by atoms with Gasteiger partial charge in [-0.25, -0.2) is 4.79 Å². The van der Waals surface area contributed by atoms with E-state index in [1.165, 1.54) is 0 Å². The van der Waals surface area contributed by atoms with Crippen molar-refractivity contribution in [3.05, 3.63) is 35.4 Å². The lowest BCUT2D eigenvalue weighted by Crippen LogP contribution is -2.20. The molecule has 0 bridgehead atoms. The molecule has 1 aromatic rings. The van der Waals surface area contributed by atoms with E-state index in [0.717, 1.165) is 5.56 Å². The van der Waals surface area contributed by atoms with Gasteiger partial charge in [-0.2, -0.15) is 0 Å². The van der Waals surface area contributed by atoms with Crippen molar-refractivity contribution >= 4 is 17.5 Å². The summed E-state index contributed by atoms with van der Waals surface area (Å²) in [6.07, 6.45) is 0.0222. The molecule has 1 N–H and O–H groups in total. The predicted octanol–water partition coefficient (Wildman–Crippen LogP) is 0.926. The Balaban J connectivity index is 2.62. The van der Waals surface area contributed by atoms with Crippen LogP contribution in [-0.4, -0.2) is 35.9 Å². The first-order valence-electron chi connectivity index (χ1n) is 6.01. The Kier molecular flexibility index (Phi) is 5.89. The maximum atomic E-state index is 11.8. The quantitative estimate of drug-likeness (QED) is 0.343. The molecule has 0 unspecified atom stereocenters. The maximum Gasteiger partial charge on any atom is 0.375 e. The Labute approximate surface area is 111 Å². The van der Waals surface area contributed by atoms with Crippen LogP contribution in [0.5, 0.6) is 0 Å². The van der Waals surface area contributed by atoms with Crippen LogP contribution in [0.1, 0.15) is 29.3 Å². The summed E-state index contributed by atoms with van der Waals surface area (Å²) in [5.41, 5.74) is 1.26. The normalized spacial score (nSPS) is 10.0. The number of hydrogen-bond acceptors (Lipinski definition) is 5. The van der Waals surface area contributed by atoms with Gasteiger partial charge in [-0.3, -0.25) is 9.59 Å². The van der Waals surface area contributed by atoms with Gasteiger partial charge in [0.15, 0.2) is 5.78 Å². The second-order valence-electron chi connectivity index (χ2n) is 3.91. The second kappa shape index (κ2) is 7.43. The molecule has 0 aliphatic heterocycles. The highest BCUT2D eigenvalue weighted by atomic mass is 16.5. The minimum atomic E-state index is -0.979. The van der Waals surface area contributed by atoms with Gasteiger partial charge in [-0.1, -0.05) is 24.3 Å². The molecule has 0 saturated carbocycles. The van der Waals surface area contributed by atoms with Crippen molar-refractivity contribution in [3.63, 3.8) is 0 Å². The Bertz CT molecular complexity index is 461. The molecule has 1 aromatic carbocycles. The van der Waals surface area contributed by atoms with Crippen molar-refractivity contribution in [1.29, 1.82) is 0 Å². The second-order valence-corrected chi connectivity index (χ2v) is 3.91. The summed E-state index contributed by atoms with van der Waals surface area (Å²) in [6, 6.07) is 6.56. The van der Waals surface area contributed by atoms with Crippen LogP contribution in [0, 0.1) is 0 Å². The zero-order valence-corrected chi connectivity index (χ0v) is 10.7. The molecular formula is C14H16O5. The molecule has 5 nitrogen and oxygen atoms in total. The summed E-state index contributed by atoms with van der Waals surface area (Å²) in [4.78, 5) is 34.2. The van der Waals surface area contributed by atoms with Gasteiger partial charge in [0.05, 0.1) is 13.0 Å². The lowest BCUT2D eigenvalue weighted by Gasteiger charge is -2.03. The van der Waals surface area contributed by atoms with E-state index in [1.54, 1.807) is 31.2 Å². The Morgan fingerprint density at radius 1 is 1.16 bits per heavy atom. The first-order valence-corrected chi connectivity index (χ1v) is 6.01. The number of ketones is 2. The summed E-state index contributed by atoms with van der Waals surface area (Å²) in [6.45, 7) is 1.73. The minimum Gasteiger partial charge on any atom is -0.460 e. The SMILES string of the molecule is CCOC(=O)C(=O)CC(=O)c1ccc(CCO)cc1. The molecule has 5 heteroatoms. The molecule has 1 rings (SSSR count). The highest BCUT2D eigenvalue weighted by Gasteiger charge is 2.19. The fourth-order valence-corrected chi connectivity index (χ4v) is 1.52. The number of esters is 1. The minimum absolute atomic E-state index is 0.0363. The van der Waals surface area contributed by atoms with Gasteiger partial charge >= 0.3 is 5.97 Å². The zero-order chi connectivity index (χ0) is 14.3. The first kappa shape index (κ1) is 15.0. The summed E-state index contributed by atoms with van der Waals surface area (Å²) in [7, 11) is 0. The summed E-state index contributed by atoms with van der Waals surface area (Å²) < 4.78 is 4.52. The van der Waals surface area contributed by atoms with Crippen LogP contribution in [0.4, 0.5) is 0 Å². The van der Waals surface area contributed by atoms with Crippen molar-refractivity contribution in [1.82, 2.24) is 0 Å². The number of ether oxygens (including phenoxy) is 1. The number of rotatable bonds is 7. The smallest absolute Gasteiger partial charge is 0.375 e. The highest BCUT2D eigenvalue weighted by molar-refractivity contribution is 6.38. The van der Waals surface area contributed by atoms with E-state index in [-0.39, 0.29) is 13.2 Å². The summed E-state index contributed by atoms with van der Waals surface area (Å²) in [5.74, 6) is -2.24. The largest absolute Gasteiger partial charge is 0.460 e. The van der Waals surface area contributed by atoms with Crippen LogP contribution < -0.4 is 0 Å². The zero-order valence-electron chi connectivity index (χ0n) is 10.7. The van der Waals surface area contributed by atoms with Gasteiger partial charge in [0.2, 0.25) is 5.78 Å². The van der Waals surface area contributed by atoms with E-state index in [0.29, 0.717) is 12.0 Å². The topological polar surface area (TPSA) is 80.7 Å². The van der Waals surface area contributed by atoms with Crippen molar-refractivity contribution in [2.45, 2.75) is 19.8 Å². The van der Waals surface area contributed by atoms with E-state index in [9.17, 15) is 14.4 Å². The average molecular weight is 264 g/mol. The number of hydrogen-bond donors (Lipinski definition) is 1. The van der Waals surface area contributed by atoms with Crippen LogP contribution >= 0.6 is 0 Å². The fraction of sp³-hybridized carbons (Fsp3) is 0.357. The van der Waals surface area contributed by atoms with Gasteiger partial charge in [0.25, 0.3) is 0 Å². The van der Waals surface area contributed by atoms with Gasteiger partial charge in [-0.15, -0.1) is 0 Å². The van der Waals surface area contributed by atoms with Crippen molar-refractivity contribution in [2.24, 2.45) is 0 Å². The third-order valence-corrected chi connectivity index (χ3v) is 2.50. The standard InChI is InChI=1S/C14H16O5/c1-2-19-14(18)13(17)9-12(16)11-5-3-10(4-6-11)7-8-15/h3-6,15H,2,7-9H2,1H3. The van der Waals surface area contributed by atoms with E-state index < -0.39 is 24.0 Å². The van der Waals surface area contributed by atoms with E-state index in [2.05, 4.69) is 4.74 Å². The summed E-state index contributed by atoms with van der Waals surface area (Å²) in [5, 5.41) is 8.77. The van der Waals surface area contributed by atoms with Crippen molar-refractivity contribution in [2.75, 3.05) is 13.2 Å². The number of aliphatic hydroxyl groups is 1. The maximum absolute atomic E-state index is 11.8. The van der Waals surface area contributed by atoms with Gasteiger partial charge in [-0.05, 0) is 18.9 Å². The van der Waals surface area contributed by atoms with Crippen LogP contribution in [-0.2, 0) is 20.7 Å². The molecule has 0 radical (unpaired) electrons. The van der Waals surface area contributed by atoms with Crippen molar-refractivity contribution < 1.29 is 24.2 Å². The first-order chi connectivity index (χ1) is 9.08. The average Bonchev–Trinajstić information content (AvgIpc) is 2.40. The number of aliphatic hydroxyl groups excluding tert-OH is 1. The third-order valence-electron chi connectivity index (χ3n) is 2.50. The Morgan fingerprint density at radius 2 is 1.79 bits per heavy atom. The lowest BCUT2D eigenvalue weighted by atomic mass is 10.0. The van der Waals surface area contributed by atoms with Crippen LogP contribution in [0.25, 0.3) is 0 Å². The molecular weight excluding hydrogens is 248 g/mol. The molecule has 0 fully saturated rings. The predicted molar refractivity (Wildman–Crippen MR) is 67.8 cm³/mol. The Morgan fingerprint density at radius 3 is 2.32 bits per heavy atom. The third kappa shape index (κ3) is 4.63. The molecule has 0 aliphatic rings. The van der Waals surface area contributed by atoms with E-state index >= 15 is 0 Å². The Hall–Kier alpha value is -2.01. The van der Waals surface area contributed by atoms with E-state index in [1.807, 2.05) is 0 Å². The van der Waals surface area contributed by atoms with E-state index in [4.69, 9.17) is 5.11 Å². The molecule has 0 aromatic heterocycles. The number of carbonyl (C=O) groups excluding carboxylic acids is 3. The molecule has 0 heterocycles. The monoisotopic (exact) mass is 264 g/mol. The van der Waals surface area contributed by atoms with Crippen LogP contribution in [0.3, 0.4) is 0 Å². The molecule has 0 spiro atoms. The summed E-state index contributed by atoms with van der Waals surface area (Å²) >= 11 is 0. The molecule has 0 atom stereocenters. The van der Waals surface area contributed by atoms with Gasteiger partial charge in [0, 0.05) is 12.2 Å². The molecule has 102 valence electrons. The molecule has 0 aliphatic carbocycles. The number of benzene rings is 1. The van der Waals surface area contributed by atoms with Gasteiger partial charge in [0.1, 0.15) is 0 Å². The molecule has 0 saturated heterocycles. The van der Waals surface area contributed by atoms with Crippen LogP contribution in [0.15, 0.2) is 24.3 Å². The number of Topliss-reactive ketones (excluding diaryl/α,β-unsaturated/α-hetero) is 2. The highest BCUT2D eigenvalue weighted by Crippen LogP contribution is 2.08. The molecule has 19 heavy (non-hydrogen) atoms. The lowest BCUT2D eigenvalue weighted by molar-refractivity contribution is -0.153. The van der Waals surface area contributed by atoms with Gasteiger partial charge < -0.3 is 9.84 Å². The fourth-order valence-electron chi connectivity index (χ4n) is 1.52.